The van der Waals surface area contributed by atoms with Crippen LogP contribution in [0.3, 0.4) is 0 Å². The largest absolute Gasteiger partial charge is 0.493 e. The molecule has 0 aliphatic rings. The van der Waals surface area contributed by atoms with Crippen molar-refractivity contribution in [3.05, 3.63) is 75.7 Å². The third-order valence-corrected chi connectivity index (χ3v) is 5.34. The van der Waals surface area contributed by atoms with Crippen molar-refractivity contribution in [3.63, 3.8) is 0 Å². The number of hydrogen-bond acceptors (Lipinski definition) is 6. The van der Waals surface area contributed by atoms with E-state index in [9.17, 15) is 13.6 Å². The van der Waals surface area contributed by atoms with Gasteiger partial charge in [-0.1, -0.05) is 18.2 Å². The first-order valence-electron chi connectivity index (χ1n) is 10.1. The molecule has 2 aromatic carbocycles. The molecule has 0 bridgehead atoms. The highest BCUT2D eigenvalue weighted by molar-refractivity contribution is 7.09. The second-order valence-corrected chi connectivity index (χ2v) is 8.02. The van der Waals surface area contributed by atoms with Gasteiger partial charge in [0, 0.05) is 18.0 Å². The molecule has 1 heterocycles. The first-order valence-corrected chi connectivity index (χ1v) is 11.0. The van der Waals surface area contributed by atoms with Crippen molar-refractivity contribution in [3.8, 4) is 17.2 Å². The fraction of sp³-hybridized carbons (Fsp3) is 0.250. The number of hydrogen-bond donors (Lipinski definition) is 1. The summed E-state index contributed by atoms with van der Waals surface area (Å²) in [6.07, 6.45) is 3.59. The number of rotatable bonds is 11. The van der Waals surface area contributed by atoms with E-state index in [-0.39, 0.29) is 17.4 Å². The van der Waals surface area contributed by atoms with E-state index in [1.807, 2.05) is 36.6 Å². The van der Waals surface area contributed by atoms with Gasteiger partial charge in [-0.25, -0.2) is 4.98 Å². The SMILES string of the molecule is COc1ccc(CCNC(=O)/C=C/c2ccc(OCc3csc(C)n3)cc2)cc1OC(F)F. The molecule has 1 aromatic heterocycles. The van der Waals surface area contributed by atoms with Crippen LogP contribution in [-0.4, -0.2) is 31.2 Å². The Balaban J connectivity index is 1.44. The van der Waals surface area contributed by atoms with Gasteiger partial charge in [-0.15, -0.1) is 11.3 Å². The molecular weight excluding hydrogens is 450 g/mol. The minimum atomic E-state index is -2.94. The number of aryl methyl sites for hydroxylation is 1. The van der Waals surface area contributed by atoms with E-state index in [4.69, 9.17) is 9.47 Å². The predicted octanol–water partition coefficient (Wildman–Crippen LogP) is 5.01. The maximum absolute atomic E-state index is 12.5. The molecule has 0 unspecified atom stereocenters. The smallest absolute Gasteiger partial charge is 0.387 e. The van der Waals surface area contributed by atoms with Crippen molar-refractivity contribution < 1.29 is 27.8 Å². The van der Waals surface area contributed by atoms with Gasteiger partial charge in [-0.05, 0) is 54.8 Å². The lowest BCUT2D eigenvalue weighted by Crippen LogP contribution is -2.23. The summed E-state index contributed by atoms with van der Waals surface area (Å²) < 4.78 is 40.3. The summed E-state index contributed by atoms with van der Waals surface area (Å²) in [5.41, 5.74) is 2.48. The highest BCUT2D eigenvalue weighted by Crippen LogP contribution is 2.29. The molecule has 1 amide bonds. The number of methoxy groups -OCH3 is 1. The Hall–Kier alpha value is -3.46. The molecule has 1 N–H and O–H groups in total. The zero-order chi connectivity index (χ0) is 23.6. The van der Waals surface area contributed by atoms with Gasteiger partial charge in [0.2, 0.25) is 5.91 Å². The van der Waals surface area contributed by atoms with Crippen LogP contribution in [-0.2, 0) is 17.8 Å². The predicted molar refractivity (Wildman–Crippen MR) is 123 cm³/mol. The maximum atomic E-state index is 12.5. The van der Waals surface area contributed by atoms with Crippen molar-refractivity contribution in [1.29, 1.82) is 0 Å². The van der Waals surface area contributed by atoms with E-state index in [0.29, 0.717) is 19.6 Å². The van der Waals surface area contributed by atoms with Crippen molar-refractivity contribution >= 4 is 23.3 Å². The number of alkyl halides is 2. The fourth-order valence-electron chi connectivity index (χ4n) is 2.93. The minimum absolute atomic E-state index is 0.0367. The Morgan fingerprint density at radius 3 is 2.64 bits per heavy atom. The minimum Gasteiger partial charge on any atom is -0.493 e. The Labute approximate surface area is 194 Å². The molecular formula is C24H24F2N2O4S. The van der Waals surface area contributed by atoms with E-state index in [2.05, 4.69) is 15.0 Å². The van der Waals surface area contributed by atoms with Crippen molar-refractivity contribution in [2.24, 2.45) is 0 Å². The lowest BCUT2D eigenvalue weighted by molar-refractivity contribution is -0.116. The van der Waals surface area contributed by atoms with Gasteiger partial charge in [-0.2, -0.15) is 8.78 Å². The van der Waals surface area contributed by atoms with Gasteiger partial charge in [-0.3, -0.25) is 4.79 Å². The molecule has 0 fully saturated rings. The molecule has 33 heavy (non-hydrogen) atoms. The summed E-state index contributed by atoms with van der Waals surface area (Å²) in [5.74, 6) is 0.648. The Morgan fingerprint density at radius 2 is 1.97 bits per heavy atom. The Kier molecular flexibility index (Phi) is 8.77. The zero-order valence-electron chi connectivity index (χ0n) is 18.2. The van der Waals surface area contributed by atoms with Crippen molar-refractivity contribution in [2.45, 2.75) is 26.6 Å². The van der Waals surface area contributed by atoms with Crippen LogP contribution in [0.15, 0.2) is 53.9 Å². The third kappa shape index (κ3) is 7.87. The number of benzene rings is 2. The maximum Gasteiger partial charge on any atom is 0.387 e. The third-order valence-electron chi connectivity index (χ3n) is 4.52. The molecule has 0 aliphatic heterocycles. The van der Waals surface area contributed by atoms with Gasteiger partial charge in [0.25, 0.3) is 0 Å². The molecule has 174 valence electrons. The normalized spacial score (nSPS) is 11.1. The monoisotopic (exact) mass is 474 g/mol. The molecule has 0 radical (unpaired) electrons. The molecule has 0 aliphatic carbocycles. The lowest BCUT2D eigenvalue weighted by Gasteiger charge is -2.11. The highest BCUT2D eigenvalue weighted by atomic mass is 32.1. The standard InChI is InChI=1S/C24H24F2N2O4S/c1-16-28-19(15-33-16)14-31-20-7-3-17(4-8-20)6-10-23(29)27-12-11-18-5-9-21(30-2)22(13-18)32-24(25)26/h3-10,13,15,24H,11-12,14H2,1-2H3,(H,27,29)/b10-6+. The van der Waals surface area contributed by atoms with Crippen LogP contribution >= 0.6 is 11.3 Å². The number of carbonyl (C=O) groups excluding carboxylic acids is 1. The molecule has 3 rings (SSSR count). The number of carbonyl (C=O) groups is 1. The molecule has 0 spiro atoms. The summed E-state index contributed by atoms with van der Waals surface area (Å²) in [4.78, 5) is 16.4. The molecule has 0 saturated carbocycles. The quantitative estimate of drug-likeness (QED) is 0.396. The van der Waals surface area contributed by atoms with E-state index in [1.54, 1.807) is 29.5 Å². The molecule has 9 heteroatoms. The highest BCUT2D eigenvalue weighted by Gasteiger charge is 2.11. The molecule has 6 nitrogen and oxygen atoms in total. The number of nitrogens with one attached hydrogen (secondary N) is 1. The second-order valence-electron chi connectivity index (χ2n) is 6.95. The van der Waals surface area contributed by atoms with Gasteiger partial charge in [0.15, 0.2) is 11.5 Å². The fourth-order valence-corrected chi connectivity index (χ4v) is 3.53. The number of amides is 1. The van der Waals surface area contributed by atoms with Crippen LogP contribution < -0.4 is 19.5 Å². The average molecular weight is 475 g/mol. The van der Waals surface area contributed by atoms with Crippen LogP contribution in [0.4, 0.5) is 8.78 Å². The van der Waals surface area contributed by atoms with Gasteiger partial charge in [0.05, 0.1) is 17.8 Å². The first-order chi connectivity index (χ1) is 15.9. The lowest BCUT2D eigenvalue weighted by atomic mass is 10.1. The first kappa shape index (κ1) is 24.2. The summed E-state index contributed by atoms with van der Waals surface area (Å²) >= 11 is 1.58. The number of aromatic nitrogens is 1. The van der Waals surface area contributed by atoms with Gasteiger partial charge < -0.3 is 19.5 Å². The zero-order valence-corrected chi connectivity index (χ0v) is 19.0. The van der Waals surface area contributed by atoms with Crippen molar-refractivity contribution in [1.82, 2.24) is 10.3 Å². The Morgan fingerprint density at radius 1 is 1.18 bits per heavy atom. The van der Waals surface area contributed by atoms with E-state index < -0.39 is 6.61 Å². The number of ether oxygens (including phenoxy) is 3. The van der Waals surface area contributed by atoms with Crippen LogP contribution in [0.25, 0.3) is 6.08 Å². The average Bonchev–Trinajstić information content (AvgIpc) is 3.22. The summed E-state index contributed by atoms with van der Waals surface area (Å²) in [6, 6.07) is 12.1. The van der Waals surface area contributed by atoms with Crippen LogP contribution in [0.2, 0.25) is 0 Å². The Bertz CT molecular complexity index is 1080. The number of halogens is 2. The number of nitrogens with zero attached hydrogens (tertiary/aromatic N) is 1. The van der Waals surface area contributed by atoms with Gasteiger partial charge in [0.1, 0.15) is 12.4 Å². The second kappa shape index (κ2) is 12.0. The van der Waals surface area contributed by atoms with E-state index in [1.165, 1.54) is 19.3 Å². The van der Waals surface area contributed by atoms with Crippen molar-refractivity contribution in [2.75, 3.05) is 13.7 Å². The summed E-state index contributed by atoms with van der Waals surface area (Å²) in [7, 11) is 1.38. The molecule has 3 aromatic rings. The topological polar surface area (TPSA) is 69.7 Å². The van der Waals surface area contributed by atoms with Gasteiger partial charge >= 0.3 is 6.61 Å². The van der Waals surface area contributed by atoms with Crippen LogP contribution in [0, 0.1) is 6.92 Å². The number of thiazole rings is 1. The van der Waals surface area contributed by atoms with E-state index in [0.717, 1.165) is 27.6 Å². The van der Waals surface area contributed by atoms with E-state index >= 15 is 0 Å². The molecule has 0 atom stereocenters. The summed E-state index contributed by atoms with van der Waals surface area (Å²) in [5, 5.41) is 5.74. The summed E-state index contributed by atoms with van der Waals surface area (Å²) in [6.45, 7) is -0.244. The van der Waals surface area contributed by atoms with Crippen LogP contribution in [0.1, 0.15) is 21.8 Å². The van der Waals surface area contributed by atoms with Crippen LogP contribution in [0.5, 0.6) is 17.2 Å². The molecule has 0 saturated heterocycles.